The van der Waals surface area contributed by atoms with Crippen LogP contribution in [0.2, 0.25) is 0 Å². The summed E-state index contributed by atoms with van der Waals surface area (Å²) in [5.41, 5.74) is 2.89. The van der Waals surface area contributed by atoms with Gasteiger partial charge < -0.3 is 24.6 Å². The Kier molecular flexibility index (Phi) is 11.4. The van der Waals surface area contributed by atoms with E-state index in [0.29, 0.717) is 32.7 Å². The molecule has 42 heavy (non-hydrogen) atoms. The Morgan fingerprint density at radius 2 is 1.50 bits per heavy atom. The maximum atomic E-state index is 13.4. The molecule has 0 aromatic heterocycles. The maximum absolute atomic E-state index is 13.4. The molecule has 0 radical (unpaired) electrons. The zero-order valence-electron chi connectivity index (χ0n) is 25.2. The van der Waals surface area contributed by atoms with Crippen LogP contribution in [0, 0.1) is 0 Å². The predicted octanol–water partition coefficient (Wildman–Crippen LogP) is 6.84. The fourth-order valence-corrected chi connectivity index (χ4v) is 5.33. The van der Waals surface area contributed by atoms with Gasteiger partial charge in [-0.25, -0.2) is 9.59 Å². The highest BCUT2D eigenvalue weighted by Crippen LogP contribution is 2.28. The minimum atomic E-state index is -0.518. The Morgan fingerprint density at radius 1 is 0.905 bits per heavy atom. The number of ether oxygens (including phenoxy) is 2. The first-order valence-corrected chi connectivity index (χ1v) is 15.1. The second kappa shape index (κ2) is 15.4. The molecule has 7 nitrogen and oxygen atoms in total. The van der Waals surface area contributed by atoms with E-state index in [4.69, 9.17) is 9.47 Å². The molecule has 0 saturated carbocycles. The van der Waals surface area contributed by atoms with E-state index in [-0.39, 0.29) is 30.8 Å². The largest absolute Gasteiger partial charge is 0.445 e. The van der Waals surface area contributed by atoms with Crippen LogP contribution in [0.1, 0.15) is 62.6 Å². The molecule has 2 amide bonds. The van der Waals surface area contributed by atoms with Crippen molar-refractivity contribution in [2.45, 2.75) is 64.2 Å². The van der Waals surface area contributed by atoms with Gasteiger partial charge in [0, 0.05) is 44.7 Å². The number of hydrogen-bond donors (Lipinski definition) is 1. The van der Waals surface area contributed by atoms with Crippen molar-refractivity contribution in [2.24, 2.45) is 0 Å². The normalized spacial score (nSPS) is 15.3. The Labute approximate surface area is 250 Å². The number of hydrogen-bond acceptors (Lipinski definition) is 5. The van der Waals surface area contributed by atoms with E-state index in [1.165, 1.54) is 11.1 Å². The van der Waals surface area contributed by atoms with Gasteiger partial charge in [-0.3, -0.25) is 0 Å². The first kappa shape index (κ1) is 31.1. The second-order valence-corrected chi connectivity index (χ2v) is 11.9. The van der Waals surface area contributed by atoms with Crippen LogP contribution in [0.15, 0.2) is 91.0 Å². The highest BCUT2D eigenvalue weighted by molar-refractivity contribution is 5.68. The average molecular weight is 572 g/mol. The summed E-state index contributed by atoms with van der Waals surface area (Å²) in [5.74, 6) is 0.158. The molecule has 1 heterocycles. The summed E-state index contributed by atoms with van der Waals surface area (Å²) in [6, 6.07) is 30.8. The zero-order chi connectivity index (χ0) is 29.8. The fraction of sp³-hybridized carbons (Fsp3) is 0.429. The second-order valence-electron chi connectivity index (χ2n) is 11.9. The SMILES string of the molecule is CC(C)(C)OC(=O)N1CCCC(NCCN(CCC(c2ccccc2)c2ccccc2)C(=O)OCc2ccccc2)C1. The standard InChI is InChI=1S/C35H45N3O4/c1-35(2,3)42-34(40)38-23-13-20-31(26-38)36-22-25-37(33(39)41-27-28-14-7-4-8-15-28)24-21-32(29-16-9-5-10-17-29)30-18-11-6-12-19-30/h4-12,14-19,31-32,36H,13,20-27H2,1-3H3. The Hall–Kier alpha value is -3.84. The van der Waals surface area contributed by atoms with Gasteiger partial charge >= 0.3 is 12.2 Å². The monoisotopic (exact) mass is 571 g/mol. The summed E-state index contributed by atoms with van der Waals surface area (Å²) >= 11 is 0. The molecule has 1 fully saturated rings. The first-order valence-electron chi connectivity index (χ1n) is 15.1. The lowest BCUT2D eigenvalue weighted by Gasteiger charge is -2.35. The van der Waals surface area contributed by atoms with E-state index in [0.717, 1.165) is 24.8 Å². The number of nitrogens with zero attached hydrogens (tertiary/aromatic N) is 2. The van der Waals surface area contributed by atoms with Crippen LogP contribution in [0.25, 0.3) is 0 Å². The van der Waals surface area contributed by atoms with Gasteiger partial charge in [0.1, 0.15) is 12.2 Å². The summed E-state index contributed by atoms with van der Waals surface area (Å²) < 4.78 is 11.3. The highest BCUT2D eigenvalue weighted by atomic mass is 16.6. The van der Waals surface area contributed by atoms with E-state index in [1.807, 2.05) is 68.1 Å². The number of amides is 2. The van der Waals surface area contributed by atoms with Crippen LogP contribution in [0.4, 0.5) is 9.59 Å². The van der Waals surface area contributed by atoms with Crippen molar-refractivity contribution in [1.82, 2.24) is 15.1 Å². The quantitative estimate of drug-likeness (QED) is 0.273. The molecular weight excluding hydrogens is 526 g/mol. The summed E-state index contributed by atoms with van der Waals surface area (Å²) in [4.78, 5) is 29.6. The molecule has 4 rings (SSSR count). The predicted molar refractivity (Wildman–Crippen MR) is 166 cm³/mol. The van der Waals surface area contributed by atoms with E-state index in [1.54, 1.807) is 4.90 Å². The summed E-state index contributed by atoms with van der Waals surface area (Å²) in [5, 5.41) is 3.58. The smallest absolute Gasteiger partial charge is 0.410 e. The van der Waals surface area contributed by atoms with Crippen LogP contribution in [-0.4, -0.2) is 66.4 Å². The van der Waals surface area contributed by atoms with Crippen molar-refractivity contribution in [2.75, 3.05) is 32.7 Å². The van der Waals surface area contributed by atoms with Crippen LogP contribution < -0.4 is 5.32 Å². The van der Waals surface area contributed by atoms with E-state index >= 15 is 0 Å². The number of benzene rings is 3. The summed E-state index contributed by atoms with van der Waals surface area (Å²) in [6.07, 6.45) is 2.06. The van der Waals surface area contributed by atoms with Gasteiger partial charge in [-0.15, -0.1) is 0 Å². The number of carbonyl (C=O) groups excluding carboxylic acids is 2. The zero-order valence-corrected chi connectivity index (χ0v) is 25.2. The molecule has 0 bridgehead atoms. The number of carbonyl (C=O) groups is 2. The van der Waals surface area contributed by atoms with Crippen molar-refractivity contribution in [3.8, 4) is 0 Å². The van der Waals surface area contributed by atoms with Gasteiger partial charge in [0.05, 0.1) is 0 Å². The van der Waals surface area contributed by atoms with Gasteiger partial charge in [-0.05, 0) is 56.7 Å². The molecule has 0 spiro atoms. The third kappa shape index (κ3) is 9.91. The van der Waals surface area contributed by atoms with E-state index in [9.17, 15) is 9.59 Å². The maximum Gasteiger partial charge on any atom is 0.410 e. The molecule has 1 saturated heterocycles. The molecule has 1 atom stereocenters. The summed E-state index contributed by atoms with van der Waals surface area (Å²) in [6.45, 7) is 8.85. The third-order valence-electron chi connectivity index (χ3n) is 7.44. The highest BCUT2D eigenvalue weighted by Gasteiger charge is 2.28. The van der Waals surface area contributed by atoms with Crippen molar-refractivity contribution in [1.29, 1.82) is 0 Å². The number of likely N-dealkylation sites (tertiary alicyclic amines) is 1. The lowest BCUT2D eigenvalue weighted by molar-refractivity contribution is 0.0187. The average Bonchev–Trinajstić information content (AvgIpc) is 3.00. The molecule has 1 aliphatic heterocycles. The summed E-state index contributed by atoms with van der Waals surface area (Å²) in [7, 11) is 0. The van der Waals surface area contributed by atoms with E-state index < -0.39 is 5.60 Å². The Balaban J connectivity index is 1.39. The van der Waals surface area contributed by atoms with E-state index in [2.05, 4.69) is 53.8 Å². The molecule has 0 aliphatic carbocycles. The molecule has 1 aliphatic rings. The lowest BCUT2D eigenvalue weighted by Crippen LogP contribution is -2.50. The van der Waals surface area contributed by atoms with Crippen LogP contribution in [-0.2, 0) is 16.1 Å². The fourth-order valence-electron chi connectivity index (χ4n) is 5.33. The number of piperidine rings is 1. The molecule has 7 heteroatoms. The van der Waals surface area contributed by atoms with Crippen molar-refractivity contribution < 1.29 is 19.1 Å². The lowest BCUT2D eigenvalue weighted by atomic mass is 9.88. The minimum Gasteiger partial charge on any atom is -0.445 e. The van der Waals surface area contributed by atoms with Crippen LogP contribution >= 0.6 is 0 Å². The number of nitrogens with one attached hydrogen (secondary N) is 1. The van der Waals surface area contributed by atoms with Gasteiger partial charge in [0.2, 0.25) is 0 Å². The Bertz CT molecular complexity index is 1190. The van der Waals surface area contributed by atoms with Crippen LogP contribution in [0.5, 0.6) is 0 Å². The molecular formula is C35H45N3O4. The molecule has 3 aromatic rings. The molecule has 3 aromatic carbocycles. The van der Waals surface area contributed by atoms with Crippen LogP contribution in [0.3, 0.4) is 0 Å². The molecule has 1 unspecified atom stereocenters. The molecule has 1 N–H and O–H groups in total. The van der Waals surface area contributed by atoms with Gasteiger partial charge in [0.25, 0.3) is 0 Å². The van der Waals surface area contributed by atoms with Crippen molar-refractivity contribution in [3.05, 3.63) is 108 Å². The van der Waals surface area contributed by atoms with Gasteiger partial charge in [-0.1, -0.05) is 91.0 Å². The van der Waals surface area contributed by atoms with Gasteiger partial charge in [-0.2, -0.15) is 0 Å². The topological polar surface area (TPSA) is 71.1 Å². The molecule has 224 valence electrons. The van der Waals surface area contributed by atoms with Crippen molar-refractivity contribution >= 4 is 12.2 Å². The number of rotatable bonds is 11. The Morgan fingerprint density at radius 3 is 2.10 bits per heavy atom. The van der Waals surface area contributed by atoms with Crippen molar-refractivity contribution in [3.63, 3.8) is 0 Å². The first-order chi connectivity index (χ1) is 20.3. The third-order valence-corrected chi connectivity index (χ3v) is 7.44. The minimum absolute atomic E-state index is 0.148. The van der Waals surface area contributed by atoms with Gasteiger partial charge in [0.15, 0.2) is 0 Å².